The van der Waals surface area contributed by atoms with Crippen molar-refractivity contribution in [2.45, 2.75) is 39.0 Å². The average molecular weight is 290 g/mol. The quantitative estimate of drug-likeness (QED) is 0.916. The van der Waals surface area contributed by atoms with Crippen LogP contribution in [0.5, 0.6) is 5.88 Å². The fraction of sp³-hybridized carbons (Fsp3) is 0.500. The molecule has 1 aliphatic carbocycles. The Hall–Kier alpha value is -1.69. The minimum absolute atomic E-state index is 0.476. The lowest BCUT2D eigenvalue weighted by atomic mass is 10.3. The van der Waals surface area contributed by atoms with Gasteiger partial charge in [-0.3, -0.25) is 0 Å². The third-order valence-electron chi connectivity index (χ3n) is 3.51. The van der Waals surface area contributed by atoms with E-state index >= 15 is 0 Å². The minimum atomic E-state index is 0.476. The average Bonchev–Trinajstić information content (AvgIpc) is 3.19. The molecule has 0 unspecified atom stereocenters. The van der Waals surface area contributed by atoms with Gasteiger partial charge in [0.2, 0.25) is 5.88 Å². The molecule has 1 aliphatic rings. The van der Waals surface area contributed by atoms with Gasteiger partial charge in [0, 0.05) is 17.2 Å². The molecule has 2 heterocycles. The lowest BCUT2D eigenvalue weighted by Gasteiger charge is -2.11. The SMILES string of the molecule is Cc1ncsc1CCOc1nc(C2CC2)nc(N)c1C. The van der Waals surface area contributed by atoms with Crippen LogP contribution in [0.3, 0.4) is 0 Å². The van der Waals surface area contributed by atoms with E-state index in [4.69, 9.17) is 10.5 Å². The first kappa shape index (κ1) is 13.3. The molecule has 2 aromatic rings. The molecule has 0 radical (unpaired) electrons. The molecule has 0 amide bonds. The molecule has 5 nitrogen and oxygen atoms in total. The maximum atomic E-state index is 5.94. The fourth-order valence-electron chi connectivity index (χ4n) is 2.00. The van der Waals surface area contributed by atoms with Gasteiger partial charge in [0.15, 0.2) is 0 Å². The minimum Gasteiger partial charge on any atom is -0.477 e. The molecule has 2 aromatic heterocycles. The topological polar surface area (TPSA) is 73.9 Å². The van der Waals surface area contributed by atoms with Crippen molar-refractivity contribution in [3.05, 3.63) is 27.5 Å². The van der Waals surface area contributed by atoms with Crippen molar-refractivity contribution in [3.63, 3.8) is 0 Å². The number of nitrogens with zero attached hydrogens (tertiary/aromatic N) is 3. The maximum Gasteiger partial charge on any atom is 0.221 e. The first-order chi connectivity index (χ1) is 9.65. The van der Waals surface area contributed by atoms with Gasteiger partial charge in [-0.15, -0.1) is 11.3 Å². The molecule has 3 rings (SSSR count). The summed E-state index contributed by atoms with van der Waals surface area (Å²) in [6, 6.07) is 0. The number of nitrogen functional groups attached to an aromatic ring is 1. The Morgan fingerprint density at radius 1 is 1.35 bits per heavy atom. The second-order valence-electron chi connectivity index (χ2n) is 5.13. The van der Waals surface area contributed by atoms with E-state index in [0.29, 0.717) is 24.2 Å². The summed E-state index contributed by atoms with van der Waals surface area (Å²) >= 11 is 1.66. The molecule has 0 bridgehead atoms. The molecule has 0 saturated heterocycles. The highest BCUT2D eigenvalue weighted by atomic mass is 32.1. The molecule has 0 aliphatic heterocycles. The van der Waals surface area contributed by atoms with Crippen LogP contribution in [-0.2, 0) is 6.42 Å². The molecule has 0 atom stereocenters. The van der Waals surface area contributed by atoms with E-state index in [1.807, 2.05) is 19.4 Å². The van der Waals surface area contributed by atoms with Gasteiger partial charge in [-0.25, -0.2) is 9.97 Å². The van der Waals surface area contributed by atoms with Gasteiger partial charge in [-0.2, -0.15) is 4.98 Å². The van der Waals surface area contributed by atoms with E-state index in [-0.39, 0.29) is 0 Å². The first-order valence-corrected chi connectivity index (χ1v) is 7.69. The monoisotopic (exact) mass is 290 g/mol. The van der Waals surface area contributed by atoms with Crippen molar-refractivity contribution in [3.8, 4) is 5.88 Å². The number of hydrogen-bond acceptors (Lipinski definition) is 6. The number of rotatable bonds is 5. The van der Waals surface area contributed by atoms with Crippen molar-refractivity contribution in [1.29, 1.82) is 0 Å². The standard InChI is InChI=1S/C14H18N4OS/c1-8-12(15)17-13(10-3-4-10)18-14(8)19-6-5-11-9(2)16-7-20-11/h7,10H,3-6H2,1-2H3,(H2,15,17,18). The summed E-state index contributed by atoms with van der Waals surface area (Å²) in [4.78, 5) is 14.4. The zero-order chi connectivity index (χ0) is 14.1. The molecular formula is C14H18N4OS. The number of anilines is 1. The third-order valence-corrected chi connectivity index (χ3v) is 4.51. The van der Waals surface area contributed by atoms with Crippen LogP contribution in [0, 0.1) is 13.8 Å². The van der Waals surface area contributed by atoms with E-state index in [2.05, 4.69) is 15.0 Å². The number of nitrogens with two attached hydrogens (primary N) is 1. The molecule has 2 N–H and O–H groups in total. The lowest BCUT2D eigenvalue weighted by molar-refractivity contribution is 0.306. The van der Waals surface area contributed by atoms with Crippen molar-refractivity contribution < 1.29 is 4.74 Å². The Morgan fingerprint density at radius 2 is 2.15 bits per heavy atom. The van der Waals surface area contributed by atoms with Crippen molar-refractivity contribution >= 4 is 17.2 Å². The van der Waals surface area contributed by atoms with Gasteiger partial charge in [0.1, 0.15) is 11.6 Å². The lowest BCUT2D eigenvalue weighted by Crippen LogP contribution is -2.08. The van der Waals surface area contributed by atoms with Crippen molar-refractivity contribution in [2.75, 3.05) is 12.3 Å². The van der Waals surface area contributed by atoms with Crippen LogP contribution in [0.1, 0.15) is 40.7 Å². The summed E-state index contributed by atoms with van der Waals surface area (Å²) in [6.07, 6.45) is 3.16. The second-order valence-corrected chi connectivity index (χ2v) is 6.07. The molecule has 20 heavy (non-hydrogen) atoms. The Morgan fingerprint density at radius 3 is 2.80 bits per heavy atom. The Kier molecular flexibility index (Phi) is 3.56. The fourth-order valence-corrected chi connectivity index (χ4v) is 2.76. The molecule has 1 fully saturated rings. The van der Waals surface area contributed by atoms with Gasteiger partial charge in [-0.1, -0.05) is 0 Å². The molecular weight excluding hydrogens is 272 g/mol. The van der Waals surface area contributed by atoms with Crippen LogP contribution >= 0.6 is 11.3 Å². The number of ether oxygens (including phenoxy) is 1. The van der Waals surface area contributed by atoms with Gasteiger partial charge in [-0.05, 0) is 26.7 Å². The van der Waals surface area contributed by atoms with Crippen LogP contribution in [0.25, 0.3) is 0 Å². The summed E-state index contributed by atoms with van der Waals surface area (Å²) in [6.45, 7) is 4.51. The van der Waals surface area contributed by atoms with E-state index in [9.17, 15) is 0 Å². The highest BCUT2D eigenvalue weighted by molar-refractivity contribution is 7.09. The zero-order valence-electron chi connectivity index (χ0n) is 11.7. The van der Waals surface area contributed by atoms with Crippen LogP contribution in [0.15, 0.2) is 5.51 Å². The number of thiazole rings is 1. The Balaban J connectivity index is 1.68. The van der Waals surface area contributed by atoms with Crippen LogP contribution in [-0.4, -0.2) is 21.6 Å². The van der Waals surface area contributed by atoms with Gasteiger partial charge >= 0.3 is 0 Å². The highest BCUT2D eigenvalue weighted by Crippen LogP contribution is 2.39. The molecule has 0 aromatic carbocycles. The molecule has 6 heteroatoms. The van der Waals surface area contributed by atoms with E-state index in [1.54, 1.807) is 11.3 Å². The van der Waals surface area contributed by atoms with Crippen molar-refractivity contribution in [1.82, 2.24) is 15.0 Å². The summed E-state index contributed by atoms with van der Waals surface area (Å²) in [7, 11) is 0. The summed E-state index contributed by atoms with van der Waals surface area (Å²) in [5, 5.41) is 0. The number of aromatic nitrogens is 3. The number of hydrogen-bond donors (Lipinski definition) is 1. The summed E-state index contributed by atoms with van der Waals surface area (Å²) < 4.78 is 5.81. The van der Waals surface area contributed by atoms with Gasteiger partial charge < -0.3 is 10.5 Å². The normalized spacial score (nSPS) is 14.5. The summed E-state index contributed by atoms with van der Waals surface area (Å²) in [5.74, 6) is 2.47. The van der Waals surface area contributed by atoms with E-state index in [1.165, 1.54) is 4.88 Å². The predicted octanol–water partition coefficient (Wildman–Crippen LogP) is 2.63. The highest BCUT2D eigenvalue weighted by Gasteiger charge is 2.28. The maximum absolute atomic E-state index is 5.94. The van der Waals surface area contributed by atoms with Crippen LogP contribution in [0.2, 0.25) is 0 Å². The van der Waals surface area contributed by atoms with E-state index < -0.39 is 0 Å². The van der Waals surface area contributed by atoms with Gasteiger partial charge in [0.05, 0.1) is 23.4 Å². The second kappa shape index (κ2) is 5.36. The molecule has 106 valence electrons. The first-order valence-electron chi connectivity index (χ1n) is 6.81. The third kappa shape index (κ3) is 2.75. The molecule has 1 saturated carbocycles. The Labute approximate surface area is 122 Å². The Bertz CT molecular complexity index is 622. The predicted molar refractivity (Wildman–Crippen MR) is 79.2 cm³/mol. The van der Waals surface area contributed by atoms with Crippen molar-refractivity contribution in [2.24, 2.45) is 0 Å². The van der Waals surface area contributed by atoms with Crippen LogP contribution < -0.4 is 10.5 Å². The molecule has 0 spiro atoms. The largest absolute Gasteiger partial charge is 0.477 e. The zero-order valence-corrected chi connectivity index (χ0v) is 12.5. The number of aryl methyl sites for hydroxylation is 1. The smallest absolute Gasteiger partial charge is 0.221 e. The van der Waals surface area contributed by atoms with E-state index in [0.717, 1.165) is 36.3 Å². The van der Waals surface area contributed by atoms with Gasteiger partial charge in [0.25, 0.3) is 0 Å². The summed E-state index contributed by atoms with van der Waals surface area (Å²) in [5.41, 5.74) is 9.71. The van der Waals surface area contributed by atoms with Crippen LogP contribution in [0.4, 0.5) is 5.82 Å².